The van der Waals surface area contributed by atoms with E-state index in [4.69, 9.17) is 0 Å². The van der Waals surface area contributed by atoms with E-state index in [1.165, 1.54) is 7.11 Å². The summed E-state index contributed by atoms with van der Waals surface area (Å²) in [6, 6.07) is 0. The van der Waals surface area contributed by atoms with Crippen molar-refractivity contribution in [3.63, 3.8) is 0 Å². The van der Waals surface area contributed by atoms with Crippen LogP contribution in [0, 0.1) is 0 Å². The average molecular weight is 169 g/mol. The van der Waals surface area contributed by atoms with E-state index < -0.39 is 10.4 Å². The fourth-order valence-corrected chi connectivity index (χ4v) is 0.686. The third kappa shape index (κ3) is 7.83. The summed E-state index contributed by atoms with van der Waals surface area (Å²) in [7, 11) is -3.03. The highest BCUT2D eigenvalue weighted by atomic mass is 32.3. The molecule has 0 rings (SSSR count). The van der Waals surface area contributed by atoms with Crippen LogP contribution in [0.5, 0.6) is 0 Å². The molecule has 0 atom stereocenters. The Labute approximate surface area is 59.9 Å². The summed E-state index contributed by atoms with van der Waals surface area (Å²) < 4.78 is 37.8. The summed E-state index contributed by atoms with van der Waals surface area (Å²) in [5.41, 5.74) is 0. The first-order chi connectivity index (χ1) is 4.56. The minimum absolute atomic E-state index is 0.111. The van der Waals surface area contributed by atoms with E-state index in [0.29, 0.717) is 13.0 Å². The molecule has 0 spiro atoms. The fraction of sp³-hybridized carbons (Fsp3) is 1.00. The molecule has 0 unspecified atom stereocenters. The topological polar surface area (TPSA) is 75.7 Å². The molecule has 10 heavy (non-hydrogen) atoms. The summed E-state index contributed by atoms with van der Waals surface area (Å²) in [4.78, 5) is 0. The van der Waals surface area contributed by atoms with E-state index in [0.717, 1.165) is 0 Å². The first-order valence-corrected chi connectivity index (χ1v) is 3.99. The summed E-state index contributed by atoms with van der Waals surface area (Å²) in [6.45, 7) is 0.273. The Kier molecular flexibility index (Phi) is 4.54. The first kappa shape index (κ1) is 9.83. The van der Waals surface area contributed by atoms with Gasteiger partial charge < -0.3 is 9.29 Å². The van der Waals surface area contributed by atoms with Crippen LogP contribution < -0.4 is 0 Å². The number of rotatable bonds is 5. The van der Waals surface area contributed by atoms with Gasteiger partial charge in [0.25, 0.3) is 0 Å². The quantitative estimate of drug-likeness (QED) is 0.315. The average Bonchev–Trinajstić information content (AvgIpc) is 1.78. The van der Waals surface area contributed by atoms with Crippen molar-refractivity contribution < 1.29 is 21.9 Å². The molecule has 0 heterocycles. The molecule has 0 saturated heterocycles. The van der Waals surface area contributed by atoms with Crippen molar-refractivity contribution in [1.82, 2.24) is 0 Å². The number of ether oxygens (including phenoxy) is 1. The fourth-order valence-electron chi connectivity index (χ4n) is 0.364. The second kappa shape index (κ2) is 4.62. The lowest BCUT2D eigenvalue weighted by molar-refractivity contribution is 0.167. The Morgan fingerprint density at radius 2 is 2.00 bits per heavy atom. The highest BCUT2D eigenvalue weighted by Gasteiger charge is 1.92. The Balaban J connectivity index is 3.21. The van der Waals surface area contributed by atoms with E-state index in [9.17, 15) is 13.0 Å². The second-order valence-electron chi connectivity index (χ2n) is 1.58. The minimum Gasteiger partial charge on any atom is -0.726 e. The van der Waals surface area contributed by atoms with E-state index in [1.807, 2.05) is 0 Å². The molecule has 0 aliphatic heterocycles. The van der Waals surface area contributed by atoms with E-state index >= 15 is 0 Å². The lowest BCUT2D eigenvalue weighted by atomic mass is 10.5. The van der Waals surface area contributed by atoms with Crippen LogP contribution in [-0.4, -0.2) is 33.3 Å². The van der Waals surface area contributed by atoms with Crippen LogP contribution in [0.25, 0.3) is 0 Å². The van der Waals surface area contributed by atoms with Gasteiger partial charge in [-0.05, 0) is 6.42 Å². The van der Waals surface area contributed by atoms with Gasteiger partial charge in [-0.3, -0.25) is 4.18 Å². The third-order valence-corrected chi connectivity index (χ3v) is 1.18. The Bertz CT molecular complexity index is 160. The summed E-state index contributed by atoms with van der Waals surface area (Å²) in [5, 5.41) is 0. The van der Waals surface area contributed by atoms with Gasteiger partial charge in [0.05, 0.1) is 6.61 Å². The maximum Gasteiger partial charge on any atom is 0.217 e. The van der Waals surface area contributed by atoms with Gasteiger partial charge in [0.2, 0.25) is 10.4 Å². The lowest BCUT2D eigenvalue weighted by Crippen LogP contribution is -2.06. The highest BCUT2D eigenvalue weighted by Crippen LogP contribution is 1.88. The van der Waals surface area contributed by atoms with E-state index in [2.05, 4.69) is 8.92 Å². The van der Waals surface area contributed by atoms with Gasteiger partial charge >= 0.3 is 0 Å². The summed E-state index contributed by atoms with van der Waals surface area (Å²) in [5.74, 6) is 0. The highest BCUT2D eigenvalue weighted by molar-refractivity contribution is 7.80. The molecular formula is C4H9O5S-. The molecule has 0 aromatic rings. The predicted molar refractivity (Wildman–Crippen MR) is 32.1 cm³/mol. The van der Waals surface area contributed by atoms with Crippen molar-refractivity contribution in [1.29, 1.82) is 0 Å². The molecule has 0 aliphatic carbocycles. The van der Waals surface area contributed by atoms with Crippen molar-refractivity contribution in [3.8, 4) is 0 Å². The smallest absolute Gasteiger partial charge is 0.217 e. The van der Waals surface area contributed by atoms with Gasteiger partial charge in [-0.25, -0.2) is 8.42 Å². The summed E-state index contributed by atoms with van der Waals surface area (Å²) >= 11 is 0. The maximum absolute atomic E-state index is 9.78. The molecule has 0 N–H and O–H groups in total. The molecule has 0 bridgehead atoms. The Morgan fingerprint density at radius 3 is 2.40 bits per heavy atom. The van der Waals surface area contributed by atoms with Crippen molar-refractivity contribution in [2.75, 3.05) is 20.3 Å². The molecule has 6 heteroatoms. The van der Waals surface area contributed by atoms with Gasteiger partial charge in [-0.15, -0.1) is 0 Å². The molecule has 0 aromatic carbocycles. The monoisotopic (exact) mass is 169 g/mol. The number of hydrogen-bond donors (Lipinski definition) is 0. The molecule has 62 valence electrons. The second-order valence-corrected chi connectivity index (χ2v) is 2.63. The molecule has 0 radical (unpaired) electrons. The Hall–Kier alpha value is -0.170. The molecule has 5 nitrogen and oxygen atoms in total. The predicted octanol–water partition coefficient (Wildman–Crippen LogP) is -0.500. The molecule has 0 aliphatic rings. The maximum atomic E-state index is 9.78. The lowest BCUT2D eigenvalue weighted by Gasteiger charge is -2.05. The van der Waals surface area contributed by atoms with Crippen molar-refractivity contribution in [2.24, 2.45) is 0 Å². The molecule has 0 fully saturated rings. The van der Waals surface area contributed by atoms with Crippen molar-refractivity contribution >= 4 is 10.4 Å². The van der Waals surface area contributed by atoms with Crippen LogP contribution >= 0.6 is 0 Å². The van der Waals surface area contributed by atoms with Crippen LogP contribution in [0.4, 0.5) is 0 Å². The van der Waals surface area contributed by atoms with E-state index in [1.54, 1.807) is 0 Å². The molecule has 0 amide bonds. The number of hydrogen-bond acceptors (Lipinski definition) is 5. The van der Waals surface area contributed by atoms with Gasteiger partial charge in [0, 0.05) is 13.7 Å². The normalized spacial score (nSPS) is 11.8. The van der Waals surface area contributed by atoms with Gasteiger partial charge in [0.15, 0.2) is 0 Å². The van der Waals surface area contributed by atoms with Crippen LogP contribution in [-0.2, 0) is 19.3 Å². The SMILES string of the molecule is COCCCOS(=O)(=O)[O-]. The van der Waals surface area contributed by atoms with Crippen LogP contribution in [0.1, 0.15) is 6.42 Å². The Morgan fingerprint density at radius 1 is 1.40 bits per heavy atom. The minimum atomic E-state index is -4.51. The molecule has 0 saturated carbocycles. The van der Waals surface area contributed by atoms with Gasteiger partial charge in [-0.1, -0.05) is 0 Å². The van der Waals surface area contributed by atoms with E-state index in [-0.39, 0.29) is 6.61 Å². The number of methoxy groups -OCH3 is 1. The summed E-state index contributed by atoms with van der Waals surface area (Å²) in [6.07, 6.45) is 0.401. The van der Waals surface area contributed by atoms with Crippen LogP contribution in [0.2, 0.25) is 0 Å². The van der Waals surface area contributed by atoms with Gasteiger partial charge in [-0.2, -0.15) is 0 Å². The largest absolute Gasteiger partial charge is 0.726 e. The third-order valence-electron chi connectivity index (χ3n) is 0.720. The zero-order valence-electron chi connectivity index (χ0n) is 5.57. The first-order valence-electron chi connectivity index (χ1n) is 2.65. The zero-order chi connectivity index (χ0) is 8.04. The standard InChI is InChI=1S/C4H10O5S/c1-8-3-2-4-9-10(5,6)7/h2-4H2,1H3,(H,5,6,7)/p-1. The van der Waals surface area contributed by atoms with Gasteiger partial charge in [0.1, 0.15) is 0 Å². The van der Waals surface area contributed by atoms with Crippen LogP contribution in [0.3, 0.4) is 0 Å². The van der Waals surface area contributed by atoms with Crippen molar-refractivity contribution in [2.45, 2.75) is 6.42 Å². The molecular weight excluding hydrogens is 160 g/mol. The van der Waals surface area contributed by atoms with Crippen molar-refractivity contribution in [3.05, 3.63) is 0 Å². The zero-order valence-corrected chi connectivity index (χ0v) is 6.39. The molecule has 0 aromatic heterocycles. The van der Waals surface area contributed by atoms with Crippen LogP contribution in [0.15, 0.2) is 0 Å².